The second-order valence-electron chi connectivity index (χ2n) is 5.58. The first-order chi connectivity index (χ1) is 9.20. The molecule has 1 aromatic carbocycles. The molecule has 0 radical (unpaired) electrons. The van der Waals surface area contributed by atoms with E-state index >= 15 is 0 Å². The van der Waals surface area contributed by atoms with Crippen LogP contribution in [-0.4, -0.2) is 33.8 Å². The normalized spacial score (nSPS) is 16.4. The molecule has 1 aliphatic rings. The van der Waals surface area contributed by atoms with Gasteiger partial charge in [-0.25, -0.2) is 0 Å². The molecule has 0 bridgehead atoms. The van der Waals surface area contributed by atoms with Crippen LogP contribution in [0.1, 0.15) is 24.8 Å². The number of benzene rings is 1. The van der Waals surface area contributed by atoms with Gasteiger partial charge in [-0.15, -0.1) is 0 Å². The summed E-state index contributed by atoms with van der Waals surface area (Å²) >= 11 is 0. The van der Waals surface area contributed by atoms with Gasteiger partial charge in [-0.05, 0) is 62.9 Å². The molecule has 19 heavy (non-hydrogen) atoms. The number of ether oxygens (including phenoxy) is 1. The zero-order valence-corrected chi connectivity index (χ0v) is 12.4. The van der Waals surface area contributed by atoms with Gasteiger partial charge in [0.15, 0.2) is 0 Å². The molecular formula is C16H26N2O. The van der Waals surface area contributed by atoms with E-state index in [9.17, 15) is 0 Å². The van der Waals surface area contributed by atoms with Gasteiger partial charge in [0.05, 0.1) is 12.8 Å². The minimum absolute atomic E-state index is 0.875. The molecule has 3 heteroatoms. The van der Waals surface area contributed by atoms with Gasteiger partial charge in [0, 0.05) is 13.6 Å². The number of nitrogens with one attached hydrogen (secondary N) is 1. The third kappa shape index (κ3) is 3.87. The number of anilines is 1. The third-order valence-corrected chi connectivity index (χ3v) is 4.08. The van der Waals surface area contributed by atoms with Crippen molar-refractivity contribution in [1.29, 1.82) is 0 Å². The van der Waals surface area contributed by atoms with E-state index in [0.29, 0.717) is 0 Å². The van der Waals surface area contributed by atoms with Crippen molar-refractivity contribution < 1.29 is 4.74 Å². The largest absolute Gasteiger partial charge is 0.495 e. The van der Waals surface area contributed by atoms with E-state index in [4.69, 9.17) is 4.74 Å². The standard InChI is InChI=1S/C16H26N2O/c1-13-4-5-16(19-3)15(12-13)18(2)11-8-14-6-9-17-10-7-14/h4-5,12,14,17H,6-11H2,1-3H3. The minimum Gasteiger partial charge on any atom is -0.495 e. The molecular weight excluding hydrogens is 236 g/mol. The summed E-state index contributed by atoms with van der Waals surface area (Å²) in [5.41, 5.74) is 2.49. The summed E-state index contributed by atoms with van der Waals surface area (Å²) in [4.78, 5) is 2.33. The predicted octanol–water partition coefficient (Wildman–Crippen LogP) is 2.83. The van der Waals surface area contributed by atoms with Crippen molar-refractivity contribution in [2.45, 2.75) is 26.2 Å². The van der Waals surface area contributed by atoms with Crippen LogP contribution in [0.5, 0.6) is 5.75 Å². The number of hydrogen-bond acceptors (Lipinski definition) is 3. The van der Waals surface area contributed by atoms with Crippen LogP contribution in [0.25, 0.3) is 0 Å². The molecule has 1 fully saturated rings. The molecule has 1 aromatic rings. The highest BCUT2D eigenvalue weighted by molar-refractivity contribution is 5.59. The monoisotopic (exact) mass is 262 g/mol. The van der Waals surface area contributed by atoms with Crippen molar-refractivity contribution in [3.8, 4) is 5.75 Å². The molecule has 0 unspecified atom stereocenters. The smallest absolute Gasteiger partial charge is 0.142 e. The highest BCUT2D eigenvalue weighted by Crippen LogP contribution is 2.29. The molecule has 1 saturated heterocycles. The Balaban J connectivity index is 1.94. The second-order valence-corrected chi connectivity index (χ2v) is 5.58. The first kappa shape index (κ1) is 14.2. The van der Waals surface area contributed by atoms with E-state index in [1.54, 1.807) is 7.11 Å². The molecule has 0 aromatic heterocycles. The van der Waals surface area contributed by atoms with Gasteiger partial charge < -0.3 is 15.0 Å². The van der Waals surface area contributed by atoms with E-state index in [2.05, 4.69) is 42.4 Å². The van der Waals surface area contributed by atoms with E-state index in [0.717, 1.165) is 18.2 Å². The van der Waals surface area contributed by atoms with Crippen molar-refractivity contribution in [2.75, 3.05) is 38.7 Å². The van der Waals surface area contributed by atoms with Gasteiger partial charge >= 0.3 is 0 Å². The average Bonchev–Trinajstić information content (AvgIpc) is 2.46. The Labute approximate surface area is 116 Å². The summed E-state index contributed by atoms with van der Waals surface area (Å²) in [5, 5.41) is 3.43. The highest BCUT2D eigenvalue weighted by Gasteiger charge is 2.15. The van der Waals surface area contributed by atoms with Crippen LogP contribution >= 0.6 is 0 Å². The number of nitrogens with zero attached hydrogens (tertiary/aromatic N) is 1. The fourth-order valence-electron chi connectivity index (χ4n) is 2.77. The van der Waals surface area contributed by atoms with Crippen LogP contribution in [0.4, 0.5) is 5.69 Å². The van der Waals surface area contributed by atoms with Gasteiger partial charge in [0.2, 0.25) is 0 Å². The topological polar surface area (TPSA) is 24.5 Å². The zero-order valence-electron chi connectivity index (χ0n) is 12.4. The van der Waals surface area contributed by atoms with E-state index in [1.807, 2.05) is 0 Å². The number of hydrogen-bond donors (Lipinski definition) is 1. The van der Waals surface area contributed by atoms with Crippen LogP contribution in [-0.2, 0) is 0 Å². The van der Waals surface area contributed by atoms with Gasteiger partial charge in [-0.2, -0.15) is 0 Å². The summed E-state index contributed by atoms with van der Waals surface area (Å²) < 4.78 is 5.46. The zero-order chi connectivity index (χ0) is 13.7. The summed E-state index contributed by atoms with van der Waals surface area (Å²) in [7, 11) is 3.91. The lowest BCUT2D eigenvalue weighted by Gasteiger charge is -2.27. The first-order valence-electron chi connectivity index (χ1n) is 7.27. The molecule has 3 nitrogen and oxygen atoms in total. The SMILES string of the molecule is COc1ccc(C)cc1N(C)CCC1CCNCC1. The van der Waals surface area contributed by atoms with Crippen LogP contribution in [0, 0.1) is 12.8 Å². The molecule has 106 valence electrons. The molecule has 0 spiro atoms. The number of piperidine rings is 1. The lowest BCUT2D eigenvalue weighted by atomic mass is 9.94. The Morgan fingerprint density at radius 1 is 1.32 bits per heavy atom. The van der Waals surface area contributed by atoms with E-state index in [-0.39, 0.29) is 0 Å². The van der Waals surface area contributed by atoms with Crippen LogP contribution in [0.2, 0.25) is 0 Å². The Hall–Kier alpha value is -1.22. The molecule has 0 amide bonds. The summed E-state index contributed by atoms with van der Waals surface area (Å²) in [5.74, 6) is 1.85. The summed E-state index contributed by atoms with van der Waals surface area (Å²) in [6, 6.07) is 6.37. The maximum atomic E-state index is 5.46. The van der Waals surface area contributed by atoms with E-state index < -0.39 is 0 Å². The Morgan fingerprint density at radius 2 is 2.05 bits per heavy atom. The number of methoxy groups -OCH3 is 1. The second kappa shape index (κ2) is 6.80. The fraction of sp³-hybridized carbons (Fsp3) is 0.625. The maximum absolute atomic E-state index is 5.46. The molecule has 0 atom stereocenters. The lowest BCUT2D eigenvalue weighted by Crippen LogP contribution is -2.30. The molecule has 0 aliphatic carbocycles. The quantitative estimate of drug-likeness (QED) is 0.883. The van der Waals surface area contributed by atoms with Gasteiger partial charge in [0.1, 0.15) is 5.75 Å². The van der Waals surface area contributed by atoms with Crippen LogP contribution in [0.15, 0.2) is 18.2 Å². The van der Waals surface area contributed by atoms with Crippen molar-refractivity contribution >= 4 is 5.69 Å². The summed E-state index contributed by atoms with van der Waals surface area (Å²) in [6.07, 6.45) is 3.91. The van der Waals surface area contributed by atoms with Crippen molar-refractivity contribution in [2.24, 2.45) is 5.92 Å². The first-order valence-corrected chi connectivity index (χ1v) is 7.27. The average molecular weight is 262 g/mol. The maximum Gasteiger partial charge on any atom is 0.142 e. The van der Waals surface area contributed by atoms with Crippen LogP contribution in [0.3, 0.4) is 0 Å². The molecule has 2 rings (SSSR count). The Morgan fingerprint density at radius 3 is 2.74 bits per heavy atom. The van der Waals surface area contributed by atoms with Crippen molar-refractivity contribution in [1.82, 2.24) is 5.32 Å². The molecule has 1 aliphatic heterocycles. The molecule has 0 saturated carbocycles. The number of rotatable bonds is 5. The Kier molecular flexibility index (Phi) is 5.08. The lowest BCUT2D eigenvalue weighted by molar-refractivity contribution is 0.356. The molecule has 1 N–H and O–H groups in total. The molecule has 1 heterocycles. The van der Waals surface area contributed by atoms with E-state index in [1.165, 1.54) is 43.6 Å². The number of aryl methyl sites for hydroxylation is 1. The van der Waals surface area contributed by atoms with Crippen molar-refractivity contribution in [3.63, 3.8) is 0 Å². The predicted molar refractivity (Wildman–Crippen MR) is 81.2 cm³/mol. The van der Waals surface area contributed by atoms with Gasteiger partial charge in [-0.1, -0.05) is 6.07 Å². The van der Waals surface area contributed by atoms with Gasteiger partial charge in [-0.3, -0.25) is 0 Å². The fourth-order valence-corrected chi connectivity index (χ4v) is 2.77. The van der Waals surface area contributed by atoms with Gasteiger partial charge in [0.25, 0.3) is 0 Å². The summed E-state index contributed by atoms with van der Waals surface area (Å²) in [6.45, 7) is 5.60. The highest BCUT2D eigenvalue weighted by atomic mass is 16.5. The third-order valence-electron chi connectivity index (χ3n) is 4.08. The van der Waals surface area contributed by atoms with Crippen LogP contribution < -0.4 is 15.0 Å². The Bertz CT molecular complexity index is 400. The van der Waals surface area contributed by atoms with Crippen molar-refractivity contribution in [3.05, 3.63) is 23.8 Å². The minimum atomic E-state index is 0.875.